The second-order valence-corrected chi connectivity index (χ2v) is 9.96. The van der Waals surface area contributed by atoms with Crippen molar-refractivity contribution in [3.8, 4) is 17.2 Å². The fourth-order valence-electron chi connectivity index (χ4n) is 5.20. The number of benzene rings is 3. The lowest BCUT2D eigenvalue weighted by Gasteiger charge is -2.30. The van der Waals surface area contributed by atoms with Gasteiger partial charge in [-0.1, -0.05) is 29.8 Å². The first-order valence-electron chi connectivity index (χ1n) is 12.3. The number of rotatable bonds is 5. The zero-order valence-corrected chi connectivity index (χ0v) is 21.8. The first-order chi connectivity index (χ1) is 17.9. The summed E-state index contributed by atoms with van der Waals surface area (Å²) in [6.45, 7) is 3.93. The van der Waals surface area contributed by atoms with Crippen molar-refractivity contribution >= 4 is 34.4 Å². The van der Waals surface area contributed by atoms with Gasteiger partial charge in [-0.05, 0) is 55.3 Å². The van der Waals surface area contributed by atoms with Crippen molar-refractivity contribution in [2.75, 3.05) is 20.4 Å². The highest BCUT2D eigenvalue weighted by Crippen LogP contribution is 2.43. The van der Waals surface area contributed by atoms with E-state index < -0.39 is 0 Å². The summed E-state index contributed by atoms with van der Waals surface area (Å²) in [5, 5.41) is 1.77. The number of hydrogen-bond donors (Lipinski definition) is 0. The van der Waals surface area contributed by atoms with E-state index in [1.54, 1.807) is 7.11 Å². The Morgan fingerprint density at radius 2 is 1.97 bits per heavy atom. The number of nitrogens with zero attached hydrogens (tertiary/aromatic N) is 2. The second-order valence-electron chi connectivity index (χ2n) is 9.55. The number of carbonyl (C=O) groups is 1. The third kappa shape index (κ3) is 4.16. The van der Waals surface area contributed by atoms with Crippen LogP contribution in [-0.2, 0) is 20.0 Å². The van der Waals surface area contributed by atoms with Gasteiger partial charge in [-0.2, -0.15) is 0 Å². The fraction of sp³-hybridized carbons (Fsp3) is 0.233. The number of hydrogen-bond acceptors (Lipinski definition) is 5. The highest BCUT2D eigenvalue weighted by atomic mass is 35.5. The molecule has 0 saturated heterocycles. The molecule has 0 atom stereocenters. The van der Waals surface area contributed by atoms with Gasteiger partial charge in [0.25, 0.3) is 0 Å². The van der Waals surface area contributed by atoms with Crippen molar-refractivity contribution in [3.63, 3.8) is 0 Å². The molecule has 0 radical (unpaired) electrons. The van der Waals surface area contributed by atoms with E-state index in [0.29, 0.717) is 30.3 Å². The minimum Gasteiger partial charge on any atom is -0.497 e. The van der Waals surface area contributed by atoms with Gasteiger partial charge in [0.05, 0.1) is 12.7 Å². The van der Waals surface area contributed by atoms with Gasteiger partial charge in [0, 0.05) is 58.9 Å². The number of ketones is 1. The molecule has 0 saturated carbocycles. The van der Waals surface area contributed by atoms with Crippen LogP contribution in [0.15, 0.2) is 60.5 Å². The highest BCUT2D eigenvalue weighted by Gasteiger charge is 2.33. The van der Waals surface area contributed by atoms with Crippen LogP contribution in [0.25, 0.3) is 17.0 Å². The Morgan fingerprint density at radius 3 is 2.78 bits per heavy atom. The van der Waals surface area contributed by atoms with E-state index in [1.165, 1.54) is 0 Å². The number of aromatic nitrogens is 1. The molecule has 2 aliphatic heterocycles. The van der Waals surface area contributed by atoms with Gasteiger partial charge in [-0.15, -0.1) is 0 Å². The van der Waals surface area contributed by atoms with Gasteiger partial charge in [-0.3, -0.25) is 9.69 Å². The van der Waals surface area contributed by atoms with E-state index in [4.69, 9.17) is 25.8 Å². The summed E-state index contributed by atoms with van der Waals surface area (Å²) in [6.07, 6.45) is 4.64. The molecule has 0 N–H and O–H groups in total. The van der Waals surface area contributed by atoms with Crippen LogP contribution >= 0.6 is 11.6 Å². The van der Waals surface area contributed by atoms with Gasteiger partial charge in [0.1, 0.15) is 24.0 Å². The summed E-state index contributed by atoms with van der Waals surface area (Å²) < 4.78 is 19.7. The van der Waals surface area contributed by atoms with Crippen molar-refractivity contribution in [2.45, 2.75) is 19.9 Å². The maximum absolute atomic E-state index is 13.4. The van der Waals surface area contributed by atoms with Crippen LogP contribution in [0.1, 0.15) is 32.6 Å². The molecule has 3 heterocycles. The van der Waals surface area contributed by atoms with Crippen LogP contribution in [0.3, 0.4) is 0 Å². The Labute approximate surface area is 220 Å². The largest absolute Gasteiger partial charge is 0.497 e. The molecule has 4 aromatic rings. The Bertz CT molecular complexity index is 1590. The molecular formula is C30H27ClN2O4. The molecule has 2 aliphatic rings. The molecule has 37 heavy (non-hydrogen) atoms. The molecule has 0 fully saturated rings. The van der Waals surface area contributed by atoms with Gasteiger partial charge in [-0.25, -0.2) is 0 Å². The molecule has 0 spiro atoms. The number of ether oxygens (including phenoxy) is 3. The van der Waals surface area contributed by atoms with Crippen LogP contribution < -0.4 is 14.2 Å². The number of Topliss-reactive ketones (excluding diaryl/α,β-unsaturated/α-hetero) is 1. The van der Waals surface area contributed by atoms with Crippen molar-refractivity contribution < 1.29 is 19.0 Å². The third-order valence-electron chi connectivity index (χ3n) is 7.17. The summed E-state index contributed by atoms with van der Waals surface area (Å²) in [6, 6.07) is 15.7. The summed E-state index contributed by atoms with van der Waals surface area (Å²) in [5.41, 5.74) is 5.50. The van der Waals surface area contributed by atoms with E-state index >= 15 is 0 Å². The lowest BCUT2D eigenvalue weighted by atomic mass is 9.99. The molecule has 7 heteroatoms. The minimum atomic E-state index is -0.117. The maximum atomic E-state index is 13.4. The highest BCUT2D eigenvalue weighted by molar-refractivity contribution is 6.31. The average Bonchev–Trinajstić information content (AvgIpc) is 3.39. The molecule has 6 nitrogen and oxygen atoms in total. The quantitative estimate of drug-likeness (QED) is 0.299. The first-order valence-corrected chi connectivity index (χ1v) is 12.6. The molecular weight excluding hydrogens is 488 g/mol. The van der Waals surface area contributed by atoms with Crippen LogP contribution in [-0.4, -0.2) is 35.6 Å². The Hall–Kier alpha value is -3.74. The van der Waals surface area contributed by atoms with Crippen molar-refractivity contribution in [2.24, 2.45) is 7.05 Å². The molecule has 0 unspecified atom stereocenters. The van der Waals surface area contributed by atoms with E-state index in [9.17, 15) is 4.79 Å². The van der Waals surface area contributed by atoms with E-state index in [2.05, 4.69) is 4.90 Å². The summed E-state index contributed by atoms with van der Waals surface area (Å²) in [4.78, 5) is 15.7. The number of methoxy groups -OCH3 is 1. The van der Waals surface area contributed by atoms with Crippen LogP contribution in [0, 0.1) is 6.92 Å². The predicted octanol–water partition coefficient (Wildman–Crippen LogP) is 6.16. The van der Waals surface area contributed by atoms with Gasteiger partial charge in [0.15, 0.2) is 5.76 Å². The van der Waals surface area contributed by atoms with Gasteiger partial charge >= 0.3 is 0 Å². The van der Waals surface area contributed by atoms with E-state index in [-0.39, 0.29) is 5.78 Å². The average molecular weight is 515 g/mol. The molecule has 0 bridgehead atoms. The molecule has 3 aromatic carbocycles. The fourth-order valence-corrected chi connectivity index (χ4v) is 5.43. The summed E-state index contributed by atoms with van der Waals surface area (Å²) >= 11 is 6.33. The normalized spacial score (nSPS) is 16.0. The van der Waals surface area contributed by atoms with E-state index in [1.807, 2.05) is 79.3 Å². The van der Waals surface area contributed by atoms with Crippen LogP contribution in [0.4, 0.5) is 0 Å². The molecule has 6 rings (SSSR count). The zero-order valence-electron chi connectivity index (χ0n) is 21.0. The lowest BCUT2D eigenvalue weighted by Crippen LogP contribution is -2.34. The minimum absolute atomic E-state index is 0.117. The van der Waals surface area contributed by atoms with Crippen LogP contribution in [0.5, 0.6) is 17.2 Å². The molecule has 0 amide bonds. The first kappa shape index (κ1) is 23.6. The maximum Gasteiger partial charge on any atom is 0.231 e. The second kappa shape index (κ2) is 9.29. The molecule has 0 aliphatic carbocycles. The standard InChI is InChI=1S/C30H27ClN2O4/c1-18-29-21(16-33(17-36-29)11-10-19-6-4-5-7-25(19)31)12-24-28(34)27(37-30(18)24)13-20-15-32(2)26-9-8-22(35-3)14-23(20)26/h4-9,12-15H,10-11,16-17H2,1-3H3/b27-13-. The topological polar surface area (TPSA) is 52.9 Å². The third-order valence-corrected chi connectivity index (χ3v) is 7.54. The Kier molecular flexibility index (Phi) is 5.94. The lowest BCUT2D eigenvalue weighted by molar-refractivity contribution is 0.0954. The number of halogens is 1. The van der Waals surface area contributed by atoms with E-state index in [0.717, 1.165) is 62.6 Å². The number of fused-ring (bicyclic) bond motifs is 3. The van der Waals surface area contributed by atoms with Crippen molar-refractivity contribution in [1.82, 2.24) is 9.47 Å². The van der Waals surface area contributed by atoms with Gasteiger partial charge < -0.3 is 18.8 Å². The number of carbonyl (C=O) groups excluding carboxylic acids is 1. The molecule has 188 valence electrons. The molecule has 1 aromatic heterocycles. The predicted molar refractivity (Wildman–Crippen MR) is 145 cm³/mol. The van der Waals surface area contributed by atoms with Crippen molar-refractivity contribution in [3.05, 3.63) is 93.3 Å². The van der Waals surface area contributed by atoms with Crippen molar-refractivity contribution in [1.29, 1.82) is 0 Å². The Balaban J connectivity index is 1.27. The Morgan fingerprint density at radius 1 is 1.14 bits per heavy atom. The van der Waals surface area contributed by atoms with Gasteiger partial charge in [0.2, 0.25) is 5.78 Å². The smallest absolute Gasteiger partial charge is 0.231 e. The zero-order chi connectivity index (χ0) is 25.7. The number of allylic oxidation sites excluding steroid dienone is 1. The number of aryl methyl sites for hydroxylation is 1. The summed E-state index contributed by atoms with van der Waals surface area (Å²) in [7, 11) is 3.63. The SMILES string of the molecule is COc1ccc2c(c1)c(/C=C1\Oc3c(cc4c(c3C)OCN(CCc3ccccc3Cl)C4)C1=O)cn2C. The summed E-state index contributed by atoms with van der Waals surface area (Å²) in [5.74, 6) is 2.34. The monoisotopic (exact) mass is 514 g/mol. The van der Waals surface area contributed by atoms with Crippen LogP contribution in [0.2, 0.25) is 5.02 Å².